The van der Waals surface area contributed by atoms with E-state index in [4.69, 9.17) is 19.9 Å². The Balaban J connectivity index is 1.56. The molecular weight excluding hydrogens is 504 g/mol. The van der Waals surface area contributed by atoms with Crippen molar-refractivity contribution in [3.05, 3.63) is 42.0 Å². The van der Waals surface area contributed by atoms with E-state index < -0.39 is 17.7 Å². The summed E-state index contributed by atoms with van der Waals surface area (Å²) in [4.78, 5) is 53.8. The lowest BCUT2D eigenvalue weighted by Crippen LogP contribution is -2.53. The third-order valence-electron chi connectivity index (χ3n) is 7.48. The number of nitrogens with one attached hydrogen (secondary N) is 1. The number of nitrogens with zero attached hydrogens (tertiary/aromatic N) is 2. The third-order valence-corrected chi connectivity index (χ3v) is 7.48. The minimum atomic E-state index is -0.916. The molecule has 3 N–H and O–H groups in total. The van der Waals surface area contributed by atoms with Crippen LogP contribution in [0.15, 0.2) is 36.4 Å². The molecule has 1 aromatic rings. The van der Waals surface area contributed by atoms with Gasteiger partial charge in [0.25, 0.3) is 0 Å². The summed E-state index contributed by atoms with van der Waals surface area (Å²) in [5, 5.41) is 2.94. The van der Waals surface area contributed by atoms with Crippen LogP contribution in [0, 0.1) is 5.92 Å². The van der Waals surface area contributed by atoms with Crippen LogP contribution in [-0.4, -0.2) is 78.3 Å². The van der Waals surface area contributed by atoms with Crippen LogP contribution in [0.25, 0.3) is 0 Å². The highest BCUT2D eigenvalue weighted by Gasteiger charge is 2.55. The Morgan fingerprint density at radius 1 is 1.21 bits per heavy atom. The summed E-state index contributed by atoms with van der Waals surface area (Å²) in [5.41, 5.74) is 5.01. The van der Waals surface area contributed by atoms with E-state index in [0.717, 1.165) is 37.5 Å². The van der Waals surface area contributed by atoms with Gasteiger partial charge in [0.05, 0.1) is 6.10 Å². The zero-order valence-electron chi connectivity index (χ0n) is 22.4. The van der Waals surface area contributed by atoms with Crippen LogP contribution in [0.2, 0.25) is 0 Å². The molecule has 1 saturated heterocycles. The predicted octanol–water partition coefficient (Wildman–Crippen LogP) is 2.72. The highest BCUT2D eigenvalue weighted by molar-refractivity contribution is 5.91. The molecular formula is C28H38N4O7. The average molecular weight is 543 g/mol. The monoisotopic (exact) mass is 542 g/mol. The van der Waals surface area contributed by atoms with Crippen molar-refractivity contribution in [2.45, 2.75) is 69.7 Å². The van der Waals surface area contributed by atoms with Crippen molar-refractivity contribution in [3.63, 3.8) is 0 Å². The number of benzene rings is 1. The normalized spacial score (nSPS) is 28.4. The molecule has 2 aliphatic heterocycles. The summed E-state index contributed by atoms with van der Waals surface area (Å²) in [5.74, 6) is -0.0648. The number of primary amides is 1. The number of amides is 4. The smallest absolute Gasteiger partial charge is 0.409 e. The number of nitrogens with two attached hydrogens (primary N) is 1. The lowest BCUT2D eigenvalue weighted by atomic mass is 10.1. The summed E-state index contributed by atoms with van der Waals surface area (Å²) in [6, 6.07) is 5.75. The fourth-order valence-corrected chi connectivity index (χ4v) is 5.20. The quantitative estimate of drug-likeness (QED) is 0.223. The first-order valence-electron chi connectivity index (χ1n) is 13.6. The molecule has 4 rings (SSSR count). The van der Waals surface area contributed by atoms with Crippen molar-refractivity contribution in [1.29, 1.82) is 0 Å². The van der Waals surface area contributed by atoms with Crippen LogP contribution in [0.5, 0.6) is 5.75 Å². The second-order valence-corrected chi connectivity index (χ2v) is 10.3. The zero-order valence-corrected chi connectivity index (χ0v) is 22.4. The van der Waals surface area contributed by atoms with Gasteiger partial charge in [0, 0.05) is 38.6 Å². The largest absolute Gasteiger partial charge is 0.411 e. The van der Waals surface area contributed by atoms with Gasteiger partial charge in [-0.25, -0.2) is 9.59 Å². The van der Waals surface area contributed by atoms with Crippen LogP contribution in [-0.2, 0) is 25.6 Å². The molecule has 1 aromatic carbocycles. The van der Waals surface area contributed by atoms with Crippen LogP contribution in [0.4, 0.5) is 9.59 Å². The van der Waals surface area contributed by atoms with Gasteiger partial charge in [-0.15, -0.1) is 0 Å². The Bertz CT molecular complexity index is 1060. The van der Waals surface area contributed by atoms with Crippen molar-refractivity contribution in [3.8, 4) is 5.75 Å². The number of aldehydes is 1. The number of hydrogen-bond donors (Lipinski definition) is 2. The number of fused-ring (bicyclic) bond motifs is 2. The van der Waals surface area contributed by atoms with Gasteiger partial charge < -0.3 is 39.9 Å². The Hall–Kier alpha value is -3.44. The molecule has 39 heavy (non-hydrogen) atoms. The summed E-state index contributed by atoms with van der Waals surface area (Å²) >= 11 is 0. The van der Waals surface area contributed by atoms with Crippen LogP contribution < -0.4 is 15.8 Å². The van der Waals surface area contributed by atoms with Gasteiger partial charge >= 0.3 is 12.1 Å². The molecule has 0 bridgehead atoms. The standard InChI is InChI=1S/C28H38N4O7/c1-2-37-19-38-23-14-24-25(34)30-28(18-33)15-21(28)8-6-4-3-5-7-13-31(27(36)32(24)17-23)16-20-9-11-22(12-10-20)39-26(29)35/h6,8-12,18,21,23-24H,2-5,7,13-17,19H2,1H3,(H2,29,35)(H,30,34)/b8-6+. The summed E-state index contributed by atoms with van der Waals surface area (Å²) in [7, 11) is 0. The van der Waals surface area contributed by atoms with Gasteiger partial charge in [0.1, 0.15) is 30.4 Å². The maximum Gasteiger partial charge on any atom is 0.409 e. The minimum Gasteiger partial charge on any atom is -0.411 e. The molecule has 3 aliphatic rings. The average Bonchev–Trinajstić information content (AvgIpc) is 3.42. The fourth-order valence-electron chi connectivity index (χ4n) is 5.20. The molecule has 2 heterocycles. The lowest BCUT2D eigenvalue weighted by Gasteiger charge is -2.32. The Morgan fingerprint density at radius 2 is 2.00 bits per heavy atom. The Labute approximate surface area is 228 Å². The van der Waals surface area contributed by atoms with Gasteiger partial charge in [-0.1, -0.05) is 30.7 Å². The number of rotatable bonds is 8. The first-order chi connectivity index (χ1) is 18.8. The number of carbonyl (C=O) groups excluding carboxylic acids is 4. The first kappa shape index (κ1) is 28.6. The maximum atomic E-state index is 14.0. The van der Waals surface area contributed by atoms with E-state index in [9.17, 15) is 19.2 Å². The molecule has 11 nitrogen and oxygen atoms in total. The third kappa shape index (κ3) is 7.36. The van der Waals surface area contributed by atoms with E-state index in [2.05, 4.69) is 11.4 Å². The van der Waals surface area contributed by atoms with Crippen molar-refractivity contribution in [2.75, 3.05) is 26.5 Å². The highest BCUT2D eigenvalue weighted by atomic mass is 16.7. The molecule has 0 spiro atoms. The highest BCUT2D eigenvalue weighted by Crippen LogP contribution is 2.43. The topological polar surface area (TPSA) is 140 Å². The number of ether oxygens (including phenoxy) is 3. The van der Waals surface area contributed by atoms with E-state index in [1.54, 1.807) is 34.1 Å². The van der Waals surface area contributed by atoms with Gasteiger partial charge in [-0.05, 0) is 50.3 Å². The van der Waals surface area contributed by atoms with E-state index in [-0.39, 0.29) is 37.3 Å². The van der Waals surface area contributed by atoms with Crippen LogP contribution in [0.3, 0.4) is 0 Å². The molecule has 212 valence electrons. The Morgan fingerprint density at radius 3 is 2.72 bits per heavy atom. The van der Waals surface area contributed by atoms with Gasteiger partial charge in [0.2, 0.25) is 5.91 Å². The van der Waals surface area contributed by atoms with Crippen molar-refractivity contribution < 1.29 is 33.4 Å². The molecule has 2 fully saturated rings. The lowest BCUT2D eigenvalue weighted by molar-refractivity contribution is -0.128. The van der Waals surface area contributed by atoms with E-state index in [0.29, 0.717) is 38.3 Å². The molecule has 1 aliphatic carbocycles. The fraction of sp³-hybridized carbons (Fsp3) is 0.571. The van der Waals surface area contributed by atoms with Crippen LogP contribution in [0.1, 0.15) is 51.0 Å². The molecule has 0 aromatic heterocycles. The Kier molecular flexibility index (Phi) is 9.58. The molecule has 4 amide bonds. The number of carbonyl (C=O) groups is 4. The van der Waals surface area contributed by atoms with E-state index in [1.165, 1.54) is 0 Å². The van der Waals surface area contributed by atoms with E-state index in [1.807, 2.05) is 13.0 Å². The molecule has 11 heteroatoms. The zero-order chi connectivity index (χ0) is 27.8. The second-order valence-electron chi connectivity index (χ2n) is 10.3. The molecule has 0 radical (unpaired) electrons. The minimum absolute atomic E-state index is 0.0300. The van der Waals surface area contributed by atoms with Crippen molar-refractivity contribution in [2.24, 2.45) is 11.7 Å². The molecule has 4 unspecified atom stereocenters. The molecule has 1 saturated carbocycles. The maximum absolute atomic E-state index is 14.0. The number of allylic oxidation sites excluding steroid dienone is 1. The summed E-state index contributed by atoms with van der Waals surface area (Å²) < 4.78 is 16.1. The number of urea groups is 1. The predicted molar refractivity (Wildman–Crippen MR) is 142 cm³/mol. The van der Waals surface area contributed by atoms with E-state index >= 15 is 0 Å². The SMILES string of the molecule is CCOCOC1CC2C(=O)NC3(C=O)CC3/C=C/CCCCCN(Cc3ccc(OC(N)=O)cc3)C(=O)N2C1. The number of hydrogen-bond acceptors (Lipinski definition) is 7. The first-order valence-corrected chi connectivity index (χ1v) is 13.6. The van der Waals surface area contributed by atoms with Crippen molar-refractivity contribution >= 4 is 24.3 Å². The van der Waals surface area contributed by atoms with Gasteiger partial charge in [0.15, 0.2) is 0 Å². The van der Waals surface area contributed by atoms with Crippen LogP contribution >= 0.6 is 0 Å². The molecule has 4 atom stereocenters. The summed E-state index contributed by atoms with van der Waals surface area (Å²) in [6.45, 7) is 3.49. The van der Waals surface area contributed by atoms with Gasteiger partial charge in [-0.3, -0.25) is 4.79 Å². The van der Waals surface area contributed by atoms with Gasteiger partial charge in [-0.2, -0.15) is 0 Å². The second kappa shape index (κ2) is 13.1. The van der Waals surface area contributed by atoms with Crippen molar-refractivity contribution in [1.82, 2.24) is 15.1 Å². The summed E-state index contributed by atoms with van der Waals surface area (Å²) in [6.07, 6.45) is 8.11.